The van der Waals surface area contributed by atoms with Gasteiger partial charge in [0.2, 0.25) is 0 Å². The van der Waals surface area contributed by atoms with E-state index in [9.17, 15) is 13.2 Å². The fraction of sp³-hybridized carbons (Fsp3) is 0.500. The topological polar surface area (TPSA) is 86.7 Å². The summed E-state index contributed by atoms with van der Waals surface area (Å²) in [5, 5.41) is 9.48. The summed E-state index contributed by atoms with van der Waals surface area (Å²) in [4.78, 5) is 10.8. The predicted octanol–water partition coefficient (Wildman–Crippen LogP) is 1.83. The summed E-state index contributed by atoms with van der Waals surface area (Å²) in [6, 6.07) is 6.44. The fourth-order valence-electron chi connectivity index (χ4n) is 2.51. The SMILES string of the molecule is C[C@@H](NS(=O)(=O)N1CCC(c2ccc(Cl)cc2)CC1)C(=O)O. The van der Waals surface area contributed by atoms with Crippen LogP contribution in [-0.2, 0) is 15.0 Å². The molecule has 2 N–H and O–H groups in total. The van der Waals surface area contributed by atoms with E-state index in [1.807, 2.05) is 24.3 Å². The molecule has 0 radical (unpaired) electrons. The summed E-state index contributed by atoms with van der Waals surface area (Å²) < 4.78 is 27.7. The number of nitrogens with zero attached hydrogens (tertiary/aromatic N) is 1. The zero-order chi connectivity index (χ0) is 16.3. The van der Waals surface area contributed by atoms with E-state index in [1.165, 1.54) is 11.2 Å². The Kier molecular flexibility index (Phi) is 5.44. The number of hydrogen-bond donors (Lipinski definition) is 2. The number of carboxylic acids is 1. The van der Waals surface area contributed by atoms with E-state index in [1.54, 1.807) is 0 Å². The van der Waals surface area contributed by atoms with Crippen LogP contribution in [0.3, 0.4) is 0 Å². The fourth-order valence-corrected chi connectivity index (χ4v) is 4.03. The Morgan fingerprint density at radius 1 is 1.32 bits per heavy atom. The lowest BCUT2D eigenvalue weighted by Crippen LogP contribution is -2.49. The van der Waals surface area contributed by atoms with Crippen molar-refractivity contribution in [2.75, 3.05) is 13.1 Å². The third kappa shape index (κ3) is 4.19. The van der Waals surface area contributed by atoms with Crippen molar-refractivity contribution in [1.29, 1.82) is 0 Å². The van der Waals surface area contributed by atoms with Crippen LogP contribution in [-0.4, -0.2) is 42.9 Å². The maximum atomic E-state index is 12.1. The third-order valence-electron chi connectivity index (χ3n) is 3.83. The molecule has 0 amide bonds. The largest absolute Gasteiger partial charge is 0.480 e. The van der Waals surface area contributed by atoms with Gasteiger partial charge in [0.05, 0.1) is 0 Å². The Balaban J connectivity index is 1.96. The van der Waals surface area contributed by atoms with Gasteiger partial charge in [-0.2, -0.15) is 17.4 Å². The van der Waals surface area contributed by atoms with Crippen molar-refractivity contribution >= 4 is 27.8 Å². The molecule has 1 aromatic rings. The van der Waals surface area contributed by atoms with Crippen molar-refractivity contribution in [1.82, 2.24) is 9.03 Å². The number of rotatable bonds is 5. The van der Waals surface area contributed by atoms with Gasteiger partial charge in [-0.05, 0) is 43.4 Å². The molecule has 1 aliphatic rings. The molecular formula is C14H19ClN2O4S. The van der Waals surface area contributed by atoms with Gasteiger partial charge in [-0.3, -0.25) is 4.79 Å². The lowest BCUT2D eigenvalue weighted by Gasteiger charge is -2.31. The Morgan fingerprint density at radius 2 is 1.86 bits per heavy atom. The third-order valence-corrected chi connectivity index (χ3v) is 5.78. The van der Waals surface area contributed by atoms with Crippen molar-refractivity contribution < 1.29 is 18.3 Å². The maximum Gasteiger partial charge on any atom is 0.321 e. The second-order valence-electron chi connectivity index (χ2n) is 5.41. The van der Waals surface area contributed by atoms with Crippen LogP contribution in [0.25, 0.3) is 0 Å². The molecule has 6 nitrogen and oxygen atoms in total. The Morgan fingerprint density at radius 3 is 2.36 bits per heavy atom. The zero-order valence-electron chi connectivity index (χ0n) is 12.2. The van der Waals surface area contributed by atoms with Gasteiger partial charge in [-0.25, -0.2) is 0 Å². The van der Waals surface area contributed by atoms with Gasteiger partial charge in [0.1, 0.15) is 6.04 Å². The molecular weight excluding hydrogens is 328 g/mol. The van der Waals surface area contributed by atoms with Gasteiger partial charge < -0.3 is 5.11 Å². The standard InChI is InChI=1S/C14H19ClN2O4S/c1-10(14(18)19)16-22(20,21)17-8-6-12(7-9-17)11-2-4-13(15)5-3-11/h2-5,10,12,16H,6-9H2,1H3,(H,18,19)/t10-/m1/s1. The van der Waals surface area contributed by atoms with E-state index in [0.29, 0.717) is 36.9 Å². The maximum absolute atomic E-state index is 12.1. The number of halogens is 1. The number of hydrogen-bond acceptors (Lipinski definition) is 3. The van der Waals surface area contributed by atoms with Crippen LogP contribution in [0.4, 0.5) is 0 Å². The van der Waals surface area contributed by atoms with Crippen molar-refractivity contribution in [2.45, 2.75) is 31.7 Å². The monoisotopic (exact) mass is 346 g/mol. The molecule has 0 bridgehead atoms. The number of carbonyl (C=O) groups is 1. The Bertz CT molecular complexity index is 625. The molecule has 2 rings (SSSR count). The van der Waals surface area contributed by atoms with E-state index in [-0.39, 0.29) is 0 Å². The molecule has 1 saturated heterocycles. The second kappa shape index (κ2) is 6.95. The summed E-state index contributed by atoms with van der Waals surface area (Å²) in [6.45, 7) is 2.05. The van der Waals surface area contributed by atoms with Crippen molar-refractivity contribution in [2.24, 2.45) is 0 Å². The summed E-state index contributed by atoms with van der Waals surface area (Å²) in [5.74, 6) is -0.903. The number of carboxylic acid groups (broad SMARTS) is 1. The first-order chi connectivity index (χ1) is 10.3. The molecule has 1 aromatic carbocycles. The Hall–Kier alpha value is -1.15. The lowest BCUT2D eigenvalue weighted by atomic mass is 9.90. The molecule has 0 spiro atoms. The first-order valence-corrected chi connectivity index (χ1v) is 8.87. The minimum atomic E-state index is -3.76. The average molecular weight is 347 g/mol. The number of nitrogens with one attached hydrogen (secondary N) is 1. The molecule has 0 unspecified atom stereocenters. The molecule has 1 aliphatic heterocycles. The van der Waals surface area contributed by atoms with Crippen LogP contribution in [0, 0.1) is 0 Å². The molecule has 1 heterocycles. The van der Waals surface area contributed by atoms with Crippen LogP contribution >= 0.6 is 11.6 Å². The van der Waals surface area contributed by atoms with E-state index in [2.05, 4.69) is 4.72 Å². The van der Waals surface area contributed by atoms with Gasteiger partial charge in [-0.1, -0.05) is 23.7 Å². The Labute approximate surface area is 135 Å². The summed E-state index contributed by atoms with van der Waals surface area (Å²) in [5.41, 5.74) is 1.15. The van der Waals surface area contributed by atoms with Gasteiger partial charge in [0, 0.05) is 18.1 Å². The van der Waals surface area contributed by atoms with E-state index < -0.39 is 22.2 Å². The smallest absolute Gasteiger partial charge is 0.321 e. The molecule has 22 heavy (non-hydrogen) atoms. The zero-order valence-corrected chi connectivity index (χ0v) is 13.8. The van der Waals surface area contributed by atoms with Gasteiger partial charge in [0.25, 0.3) is 10.2 Å². The summed E-state index contributed by atoms with van der Waals surface area (Å²) >= 11 is 5.86. The van der Waals surface area contributed by atoms with E-state index in [4.69, 9.17) is 16.7 Å². The normalized spacial score (nSPS) is 19.0. The highest BCUT2D eigenvalue weighted by atomic mass is 35.5. The van der Waals surface area contributed by atoms with Crippen molar-refractivity contribution in [3.63, 3.8) is 0 Å². The van der Waals surface area contributed by atoms with E-state index >= 15 is 0 Å². The summed E-state index contributed by atoms with van der Waals surface area (Å²) in [7, 11) is -3.76. The van der Waals surface area contributed by atoms with Crippen molar-refractivity contribution in [3.05, 3.63) is 34.9 Å². The summed E-state index contributed by atoms with van der Waals surface area (Å²) in [6.07, 6.45) is 1.40. The molecule has 8 heteroatoms. The minimum Gasteiger partial charge on any atom is -0.480 e. The minimum absolute atomic E-state index is 0.292. The predicted molar refractivity (Wildman–Crippen MR) is 84.2 cm³/mol. The van der Waals surface area contributed by atoms with Crippen LogP contribution in [0.2, 0.25) is 5.02 Å². The molecule has 1 atom stereocenters. The molecule has 0 aliphatic carbocycles. The number of aliphatic carboxylic acids is 1. The van der Waals surface area contributed by atoms with Crippen LogP contribution in [0.5, 0.6) is 0 Å². The highest BCUT2D eigenvalue weighted by molar-refractivity contribution is 7.87. The second-order valence-corrected chi connectivity index (χ2v) is 7.55. The van der Waals surface area contributed by atoms with Crippen molar-refractivity contribution in [3.8, 4) is 0 Å². The highest BCUT2D eigenvalue weighted by Crippen LogP contribution is 2.29. The number of benzene rings is 1. The quantitative estimate of drug-likeness (QED) is 0.851. The van der Waals surface area contributed by atoms with Gasteiger partial charge in [0.15, 0.2) is 0 Å². The van der Waals surface area contributed by atoms with Crippen LogP contribution in [0.1, 0.15) is 31.2 Å². The van der Waals surface area contributed by atoms with Gasteiger partial charge in [-0.15, -0.1) is 0 Å². The molecule has 0 aromatic heterocycles. The first kappa shape index (κ1) is 17.2. The lowest BCUT2D eigenvalue weighted by molar-refractivity contribution is -0.138. The average Bonchev–Trinajstić information content (AvgIpc) is 2.47. The molecule has 122 valence electrons. The van der Waals surface area contributed by atoms with Crippen LogP contribution in [0.15, 0.2) is 24.3 Å². The van der Waals surface area contributed by atoms with Gasteiger partial charge >= 0.3 is 5.97 Å². The molecule has 1 fully saturated rings. The van der Waals surface area contributed by atoms with E-state index in [0.717, 1.165) is 5.56 Å². The molecule has 0 saturated carbocycles. The highest BCUT2D eigenvalue weighted by Gasteiger charge is 2.30. The first-order valence-electron chi connectivity index (χ1n) is 7.05. The number of piperidine rings is 1. The van der Waals surface area contributed by atoms with Crippen LogP contribution < -0.4 is 4.72 Å².